The molecule has 1 aromatic heterocycles. The van der Waals surface area contributed by atoms with E-state index in [-0.39, 0.29) is 18.4 Å². The number of carbonyl (C=O) groups is 2. The molecule has 37 heavy (non-hydrogen) atoms. The molecule has 0 unspecified atom stereocenters. The summed E-state index contributed by atoms with van der Waals surface area (Å²) in [6.45, 7) is 2.66. The Morgan fingerprint density at radius 2 is 1.57 bits per heavy atom. The molecule has 7 nitrogen and oxygen atoms in total. The topological polar surface area (TPSA) is 71.3 Å². The van der Waals surface area contributed by atoms with E-state index in [0.717, 1.165) is 9.69 Å². The van der Waals surface area contributed by atoms with Crippen molar-refractivity contribution in [3.8, 4) is 0 Å². The Labute approximate surface area is 211 Å². The third-order valence-electron chi connectivity index (χ3n) is 5.64. The second kappa shape index (κ2) is 9.05. The number of halogens is 7. The fourth-order valence-corrected chi connectivity index (χ4v) is 4.23. The average Bonchev–Trinajstić information content (AvgIpc) is 3.27. The van der Waals surface area contributed by atoms with Gasteiger partial charge in [0, 0.05) is 0 Å². The Morgan fingerprint density at radius 1 is 1.00 bits per heavy atom. The number of alkyl halides is 6. The van der Waals surface area contributed by atoms with Crippen molar-refractivity contribution in [2.75, 3.05) is 5.01 Å². The lowest BCUT2D eigenvalue weighted by atomic mass is 10.0. The van der Waals surface area contributed by atoms with E-state index in [1.807, 2.05) is 0 Å². The number of anilines is 1. The van der Waals surface area contributed by atoms with Gasteiger partial charge in [-0.1, -0.05) is 35.0 Å². The monoisotopic (exact) mass is 545 g/mol. The van der Waals surface area contributed by atoms with Gasteiger partial charge in [-0.3, -0.25) is 9.59 Å². The summed E-state index contributed by atoms with van der Waals surface area (Å²) in [6, 6.07) is 9.37. The van der Waals surface area contributed by atoms with Gasteiger partial charge in [0.1, 0.15) is 0 Å². The van der Waals surface area contributed by atoms with Gasteiger partial charge in [-0.05, 0) is 49.7 Å². The zero-order valence-electron chi connectivity index (χ0n) is 19.2. The Bertz CT molecular complexity index is 1320. The number of amides is 2. The standard InChI is InChI=1S/C23H18ClF6N5O2/c1-21(2)11-17(36)34(16-6-4-3-5-7-16)35(21)20(37)18-19(24)33(32-31-18)12-13-8-14(22(25,26)27)10-15(9-13)23(28,29)30/h3-10H,11-12H2,1-2H3. The highest BCUT2D eigenvalue weighted by Gasteiger charge is 2.49. The average molecular weight is 546 g/mol. The van der Waals surface area contributed by atoms with Crippen LogP contribution in [0.1, 0.15) is 47.4 Å². The van der Waals surface area contributed by atoms with Crippen LogP contribution in [-0.2, 0) is 23.7 Å². The molecule has 1 fully saturated rings. The Hall–Kier alpha value is -3.61. The van der Waals surface area contributed by atoms with E-state index in [1.165, 1.54) is 5.01 Å². The Morgan fingerprint density at radius 3 is 2.11 bits per heavy atom. The minimum absolute atomic E-state index is 0.00599. The minimum Gasteiger partial charge on any atom is -0.273 e. The second-order valence-corrected chi connectivity index (χ2v) is 9.31. The van der Waals surface area contributed by atoms with Crippen LogP contribution in [0.25, 0.3) is 0 Å². The summed E-state index contributed by atoms with van der Waals surface area (Å²) < 4.78 is 80.1. The highest BCUT2D eigenvalue weighted by atomic mass is 35.5. The maximum atomic E-state index is 13.5. The van der Waals surface area contributed by atoms with E-state index in [9.17, 15) is 35.9 Å². The van der Waals surface area contributed by atoms with Crippen LogP contribution in [0.3, 0.4) is 0 Å². The van der Waals surface area contributed by atoms with Crippen LogP contribution in [0, 0.1) is 0 Å². The summed E-state index contributed by atoms with van der Waals surface area (Å²) in [4.78, 5) is 26.3. The molecule has 0 bridgehead atoms. The molecule has 14 heteroatoms. The first-order chi connectivity index (χ1) is 17.1. The van der Waals surface area contributed by atoms with Crippen LogP contribution in [-0.4, -0.2) is 37.4 Å². The van der Waals surface area contributed by atoms with Crippen molar-refractivity contribution in [1.29, 1.82) is 0 Å². The van der Waals surface area contributed by atoms with E-state index < -0.39 is 57.9 Å². The van der Waals surface area contributed by atoms with Gasteiger partial charge in [0.2, 0.25) is 5.91 Å². The molecule has 3 aromatic rings. The van der Waals surface area contributed by atoms with Gasteiger partial charge in [0.05, 0.1) is 35.3 Å². The molecular formula is C23H18ClF6N5O2. The molecule has 0 radical (unpaired) electrons. The molecule has 0 N–H and O–H groups in total. The Balaban J connectivity index is 1.69. The number of hydrogen-bond acceptors (Lipinski definition) is 4. The Kier molecular flexibility index (Phi) is 6.47. The molecule has 1 aliphatic rings. The zero-order valence-corrected chi connectivity index (χ0v) is 20.0. The number of aromatic nitrogens is 3. The van der Waals surface area contributed by atoms with Gasteiger partial charge in [-0.25, -0.2) is 14.7 Å². The largest absolute Gasteiger partial charge is 0.416 e. The van der Waals surface area contributed by atoms with Gasteiger partial charge in [0.15, 0.2) is 10.8 Å². The van der Waals surface area contributed by atoms with Crippen molar-refractivity contribution in [3.63, 3.8) is 0 Å². The molecule has 1 saturated heterocycles. The summed E-state index contributed by atoms with van der Waals surface area (Å²) in [5, 5.41) is 9.30. The predicted molar refractivity (Wildman–Crippen MR) is 119 cm³/mol. The van der Waals surface area contributed by atoms with E-state index in [4.69, 9.17) is 11.6 Å². The van der Waals surface area contributed by atoms with Gasteiger partial charge < -0.3 is 0 Å². The van der Waals surface area contributed by atoms with Gasteiger partial charge >= 0.3 is 12.4 Å². The first-order valence-electron chi connectivity index (χ1n) is 10.7. The molecule has 0 atom stereocenters. The molecule has 0 spiro atoms. The van der Waals surface area contributed by atoms with Crippen LogP contribution in [0.4, 0.5) is 32.0 Å². The lowest BCUT2D eigenvalue weighted by Crippen LogP contribution is -2.51. The fraction of sp³-hybridized carbons (Fsp3) is 0.304. The van der Waals surface area contributed by atoms with Crippen molar-refractivity contribution in [3.05, 3.63) is 76.1 Å². The van der Waals surface area contributed by atoms with Gasteiger partial charge in [-0.2, -0.15) is 26.3 Å². The number of nitrogens with zero attached hydrogens (tertiary/aromatic N) is 5. The van der Waals surface area contributed by atoms with E-state index >= 15 is 0 Å². The van der Waals surface area contributed by atoms with E-state index in [1.54, 1.807) is 44.2 Å². The van der Waals surface area contributed by atoms with Crippen molar-refractivity contribution < 1.29 is 35.9 Å². The molecule has 2 amide bonds. The number of rotatable bonds is 4. The van der Waals surface area contributed by atoms with Crippen molar-refractivity contribution >= 4 is 29.1 Å². The highest BCUT2D eigenvalue weighted by Crippen LogP contribution is 2.38. The molecule has 2 aromatic carbocycles. The summed E-state index contributed by atoms with van der Waals surface area (Å²) >= 11 is 6.27. The third kappa shape index (κ3) is 5.13. The van der Waals surface area contributed by atoms with Crippen LogP contribution in [0.15, 0.2) is 48.5 Å². The fourth-order valence-electron chi connectivity index (χ4n) is 4.01. The van der Waals surface area contributed by atoms with E-state index in [2.05, 4.69) is 10.3 Å². The number of benzene rings is 2. The second-order valence-electron chi connectivity index (χ2n) is 8.95. The number of para-hydroxylation sites is 1. The molecule has 4 rings (SSSR count). The predicted octanol–water partition coefficient (Wildman–Crippen LogP) is 5.59. The van der Waals surface area contributed by atoms with Crippen molar-refractivity contribution in [2.24, 2.45) is 0 Å². The maximum Gasteiger partial charge on any atom is 0.416 e. The normalized spacial score (nSPS) is 16.0. The first-order valence-corrected chi connectivity index (χ1v) is 11.1. The highest BCUT2D eigenvalue weighted by molar-refractivity contribution is 6.32. The molecule has 0 aliphatic carbocycles. The SMILES string of the molecule is CC1(C)CC(=O)N(c2ccccc2)N1C(=O)c1nnn(Cc2cc(C(F)(F)F)cc(C(F)(F)F)c2)c1Cl. The van der Waals surface area contributed by atoms with Crippen LogP contribution >= 0.6 is 11.6 Å². The summed E-state index contributed by atoms with van der Waals surface area (Å²) in [7, 11) is 0. The molecule has 196 valence electrons. The first kappa shape index (κ1) is 26.5. The summed E-state index contributed by atoms with van der Waals surface area (Å²) in [5.74, 6) is -1.20. The van der Waals surface area contributed by atoms with E-state index in [0.29, 0.717) is 17.8 Å². The smallest absolute Gasteiger partial charge is 0.273 e. The van der Waals surface area contributed by atoms with Crippen molar-refractivity contribution in [2.45, 2.75) is 44.7 Å². The molecule has 1 aliphatic heterocycles. The molecular weight excluding hydrogens is 528 g/mol. The maximum absolute atomic E-state index is 13.5. The van der Waals surface area contributed by atoms with Crippen LogP contribution in [0.5, 0.6) is 0 Å². The number of carbonyl (C=O) groups excluding carboxylic acids is 2. The van der Waals surface area contributed by atoms with Gasteiger partial charge in [-0.15, -0.1) is 5.10 Å². The third-order valence-corrected chi connectivity index (χ3v) is 6.02. The summed E-state index contributed by atoms with van der Waals surface area (Å²) in [5.41, 5.74) is -4.43. The number of hydrazine groups is 1. The zero-order chi connectivity index (χ0) is 27.3. The lowest BCUT2D eigenvalue weighted by Gasteiger charge is -2.35. The van der Waals surface area contributed by atoms with Crippen LogP contribution in [0.2, 0.25) is 5.15 Å². The van der Waals surface area contributed by atoms with Crippen molar-refractivity contribution in [1.82, 2.24) is 20.0 Å². The summed E-state index contributed by atoms with van der Waals surface area (Å²) in [6.07, 6.45) is -10.1. The minimum atomic E-state index is -5.03. The molecule has 0 saturated carbocycles. The van der Waals surface area contributed by atoms with Gasteiger partial charge in [0.25, 0.3) is 5.91 Å². The van der Waals surface area contributed by atoms with Crippen LogP contribution < -0.4 is 5.01 Å². The quantitative estimate of drug-likeness (QED) is 0.401. The number of hydrogen-bond donors (Lipinski definition) is 0. The lowest BCUT2D eigenvalue weighted by molar-refractivity contribution is -0.143. The molecule has 2 heterocycles.